The van der Waals surface area contributed by atoms with Gasteiger partial charge >= 0.3 is 12.6 Å². The standard InChI is InChI=1S/C18H18F2N2O2/c1-12(13-6-8-15(9-7-13)24-17(19)20)21-18(23)22-11-10-14-4-2-3-5-16(14)22/h2-9,12,17H,10-11H2,1H3,(H,21,23). The molecule has 0 fully saturated rings. The van der Waals surface area contributed by atoms with E-state index in [9.17, 15) is 13.6 Å². The lowest BCUT2D eigenvalue weighted by Gasteiger charge is -2.22. The largest absolute Gasteiger partial charge is 0.435 e. The number of halogens is 2. The number of alkyl halides is 2. The Kier molecular flexibility index (Phi) is 4.64. The monoisotopic (exact) mass is 332 g/mol. The van der Waals surface area contributed by atoms with E-state index in [2.05, 4.69) is 10.1 Å². The SMILES string of the molecule is CC(NC(=O)N1CCc2ccccc21)c1ccc(OC(F)F)cc1. The molecule has 3 rings (SSSR count). The molecular weight excluding hydrogens is 314 g/mol. The third-order valence-corrected chi connectivity index (χ3v) is 4.08. The molecule has 2 aromatic rings. The molecule has 24 heavy (non-hydrogen) atoms. The van der Waals surface area contributed by atoms with Gasteiger partial charge in [-0.05, 0) is 42.7 Å². The van der Waals surface area contributed by atoms with Crippen LogP contribution in [0.25, 0.3) is 0 Å². The molecule has 126 valence electrons. The molecule has 0 saturated heterocycles. The van der Waals surface area contributed by atoms with Crippen LogP contribution in [0.5, 0.6) is 5.75 Å². The van der Waals surface area contributed by atoms with E-state index in [1.54, 1.807) is 17.0 Å². The Morgan fingerprint density at radius 1 is 1.17 bits per heavy atom. The molecule has 0 aromatic heterocycles. The van der Waals surface area contributed by atoms with Gasteiger partial charge < -0.3 is 10.1 Å². The molecule has 4 nitrogen and oxygen atoms in total. The smallest absolute Gasteiger partial charge is 0.387 e. The van der Waals surface area contributed by atoms with Crippen molar-refractivity contribution >= 4 is 11.7 Å². The van der Waals surface area contributed by atoms with E-state index in [0.717, 1.165) is 23.2 Å². The number of fused-ring (bicyclic) bond motifs is 1. The highest BCUT2D eigenvalue weighted by Crippen LogP contribution is 2.28. The molecule has 0 radical (unpaired) electrons. The number of nitrogens with one attached hydrogen (secondary N) is 1. The van der Waals surface area contributed by atoms with E-state index >= 15 is 0 Å². The second-order valence-corrected chi connectivity index (χ2v) is 5.65. The number of urea groups is 1. The average Bonchev–Trinajstić information content (AvgIpc) is 2.99. The number of carbonyl (C=O) groups excluding carboxylic acids is 1. The van der Waals surface area contributed by atoms with E-state index < -0.39 is 6.61 Å². The molecule has 1 heterocycles. The van der Waals surface area contributed by atoms with Crippen molar-refractivity contribution in [3.05, 3.63) is 59.7 Å². The normalized spacial score (nSPS) is 14.4. The zero-order chi connectivity index (χ0) is 17.1. The maximum Gasteiger partial charge on any atom is 0.387 e. The number of carbonyl (C=O) groups is 1. The molecule has 0 bridgehead atoms. The maximum atomic E-state index is 12.5. The Balaban J connectivity index is 1.64. The number of hydrogen-bond acceptors (Lipinski definition) is 2. The summed E-state index contributed by atoms with van der Waals surface area (Å²) < 4.78 is 28.6. The van der Waals surface area contributed by atoms with Crippen LogP contribution in [0, 0.1) is 0 Å². The van der Waals surface area contributed by atoms with Gasteiger partial charge in [-0.2, -0.15) is 8.78 Å². The van der Waals surface area contributed by atoms with Crippen LogP contribution in [0.3, 0.4) is 0 Å². The summed E-state index contributed by atoms with van der Waals surface area (Å²) in [6.45, 7) is -0.342. The van der Waals surface area contributed by atoms with Crippen LogP contribution in [0.2, 0.25) is 0 Å². The molecular formula is C18H18F2N2O2. The molecule has 1 aliphatic rings. The number of benzene rings is 2. The number of hydrogen-bond donors (Lipinski definition) is 1. The lowest BCUT2D eigenvalue weighted by molar-refractivity contribution is -0.0498. The lowest BCUT2D eigenvalue weighted by Crippen LogP contribution is -2.40. The summed E-state index contributed by atoms with van der Waals surface area (Å²) >= 11 is 0. The summed E-state index contributed by atoms with van der Waals surface area (Å²) in [5.74, 6) is 0.0979. The molecule has 1 atom stereocenters. The quantitative estimate of drug-likeness (QED) is 0.915. The van der Waals surface area contributed by atoms with Gasteiger partial charge in [-0.15, -0.1) is 0 Å². The fraction of sp³-hybridized carbons (Fsp3) is 0.278. The number of amides is 2. The van der Waals surface area contributed by atoms with Crippen LogP contribution < -0.4 is 15.0 Å². The van der Waals surface area contributed by atoms with Gasteiger partial charge in [0.05, 0.1) is 6.04 Å². The van der Waals surface area contributed by atoms with Crippen LogP contribution in [0.15, 0.2) is 48.5 Å². The highest BCUT2D eigenvalue weighted by Gasteiger charge is 2.25. The van der Waals surface area contributed by atoms with Crippen molar-refractivity contribution in [1.29, 1.82) is 0 Å². The highest BCUT2D eigenvalue weighted by molar-refractivity contribution is 5.94. The van der Waals surface area contributed by atoms with Gasteiger partial charge in [0, 0.05) is 12.2 Å². The van der Waals surface area contributed by atoms with Gasteiger partial charge in [-0.25, -0.2) is 4.79 Å². The summed E-state index contributed by atoms with van der Waals surface area (Å²) in [7, 11) is 0. The summed E-state index contributed by atoms with van der Waals surface area (Å²) in [5.41, 5.74) is 2.91. The number of para-hydroxylation sites is 1. The Bertz CT molecular complexity index is 719. The van der Waals surface area contributed by atoms with Gasteiger partial charge in [0.2, 0.25) is 0 Å². The van der Waals surface area contributed by atoms with Gasteiger partial charge in [-0.1, -0.05) is 30.3 Å². The summed E-state index contributed by atoms with van der Waals surface area (Å²) in [4.78, 5) is 14.2. The van der Waals surface area contributed by atoms with Crippen molar-refractivity contribution in [2.24, 2.45) is 0 Å². The molecule has 0 spiro atoms. The Morgan fingerprint density at radius 2 is 1.88 bits per heavy atom. The first-order valence-electron chi connectivity index (χ1n) is 7.75. The van der Waals surface area contributed by atoms with Crippen molar-refractivity contribution in [3.63, 3.8) is 0 Å². The fourth-order valence-corrected chi connectivity index (χ4v) is 2.83. The number of nitrogens with zero attached hydrogens (tertiary/aromatic N) is 1. The second-order valence-electron chi connectivity index (χ2n) is 5.65. The zero-order valence-corrected chi connectivity index (χ0v) is 13.2. The zero-order valence-electron chi connectivity index (χ0n) is 13.2. The average molecular weight is 332 g/mol. The third-order valence-electron chi connectivity index (χ3n) is 4.08. The Labute approximate surface area is 139 Å². The number of rotatable bonds is 4. The predicted octanol–water partition coefficient (Wildman–Crippen LogP) is 4.12. The molecule has 0 aliphatic carbocycles. The van der Waals surface area contributed by atoms with Gasteiger partial charge in [0.1, 0.15) is 5.75 Å². The van der Waals surface area contributed by atoms with E-state index in [0.29, 0.717) is 6.54 Å². The van der Waals surface area contributed by atoms with Crippen LogP contribution in [-0.4, -0.2) is 19.2 Å². The number of ether oxygens (including phenoxy) is 1. The highest BCUT2D eigenvalue weighted by atomic mass is 19.3. The fourth-order valence-electron chi connectivity index (χ4n) is 2.83. The minimum Gasteiger partial charge on any atom is -0.435 e. The first-order valence-corrected chi connectivity index (χ1v) is 7.75. The van der Waals surface area contributed by atoms with Gasteiger partial charge in [0.15, 0.2) is 0 Å². The minimum atomic E-state index is -2.84. The maximum absolute atomic E-state index is 12.5. The molecule has 1 aliphatic heterocycles. The van der Waals surface area contributed by atoms with Crippen LogP contribution in [0.4, 0.5) is 19.3 Å². The summed E-state index contributed by atoms with van der Waals surface area (Å²) in [6.07, 6.45) is 0.845. The van der Waals surface area contributed by atoms with E-state index in [1.807, 2.05) is 31.2 Å². The van der Waals surface area contributed by atoms with Crippen LogP contribution in [-0.2, 0) is 6.42 Å². The first kappa shape index (κ1) is 16.2. The van der Waals surface area contributed by atoms with Gasteiger partial charge in [0.25, 0.3) is 0 Å². The van der Waals surface area contributed by atoms with Crippen molar-refractivity contribution in [2.75, 3.05) is 11.4 Å². The van der Waals surface area contributed by atoms with Crippen molar-refractivity contribution in [3.8, 4) is 5.75 Å². The summed E-state index contributed by atoms with van der Waals surface area (Å²) in [6, 6.07) is 13.7. The molecule has 1 N–H and O–H groups in total. The Hall–Kier alpha value is -2.63. The van der Waals surface area contributed by atoms with Crippen molar-refractivity contribution < 1.29 is 18.3 Å². The second kappa shape index (κ2) is 6.86. The van der Waals surface area contributed by atoms with E-state index in [4.69, 9.17) is 0 Å². The molecule has 0 saturated carbocycles. The molecule has 6 heteroatoms. The summed E-state index contributed by atoms with van der Waals surface area (Å²) in [5, 5.41) is 2.94. The first-order chi connectivity index (χ1) is 11.5. The molecule has 1 unspecified atom stereocenters. The predicted molar refractivity (Wildman–Crippen MR) is 87.5 cm³/mol. The van der Waals surface area contributed by atoms with Crippen molar-refractivity contribution in [2.45, 2.75) is 26.0 Å². The third kappa shape index (κ3) is 3.48. The molecule has 2 amide bonds. The number of anilines is 1. The van der Waals surface area contributed by atoms with Gasteiger partial charge in [-0.3, -0.25) is 4.90 Å². The van der Waals surface area contributed by atoms with E-state index in [-0.39, 0.29) is 17.8 Å². The topological polar surface area (TPSA) is 41.6 Å². The van der Waals surface area contributed by atoms with E-state index in [1.165, 1.54) is 12.1 Å². The van der Waals surface area contributed by atoms with Crippen LogP contribution >= 0.6 is 0 Å². The van der Waals surface area contributed by atoms with Crippen LogP contribution in [0.1, 0.15) is 24.1 Å². The molecule has 2 aromatic carbocycles. The Morgan fingerprint density at radius 3 is 2.58 bits per heavy atom. The minimum absolute atomic E-state index is 0.0979. The van der Waals surface area contributed by atoms with Crippen molar-refractivity contribution in [1.82, 2.24) is 5.32 Å². The lowest BCUT2D eigenvalue weighted by atomic mass is 10.1.